The highest BCUT2D eigenvalue weighted by Gasteiger charge is 2.32. The lowest BCUT2D eigenvalue weighted by molar-refractivity contribution is -0.121. The molecular formula is C17H25NO2. The molecule has 0 radical (unpaired) electrons. The number of hydrogen-bond donors (Lipinski definition) is 2. The highest BCUT2D eigenvalue weighted by Crippen LogP contribution is 2.40. The van der Waals surface area contributed by atoms with Gasteiger partial charge in [-0.3, -0.25) is 4.79 Å². The van der Waals surface area contributed by atoms with Crippen LogP contribution in [0.2, 0.25) is 0 Å². The minimum absolute atomic E-state index is 0.0861. The monoisotopic (exact) mass is 275 g/mol. The van der Waals surface area contributed by atoms with Crippen molar-refractivity contribution < 1.29 is 9.90 Å². The third kappa shape index (κ3) is 3.75. The van der Waals surface area contributed by atoms with Crippen LogP contribution in [-0.2, 0) is 4.79 Å². The Hall–Kier alpha value is -1.51. The van der Waals surface area contributed by atoms with Gasteiger partial charge in [-0.2, -0.15) is 0 Å². The van der Waals surface area contributed by atoms with E-state index in [0.717, 1.165) is 25.7 Å². The summed E-state index contributed by atoms with van der Waals surface area (Å²) in [5.74, 6) is 1.09. The van der Waals surface area contributed by atoms with E-state index in [2.05, 4.69) is 26.1 Å². The fourth-order valence-corrected chi connectivity index (χ4v) is 3.05. The van der Waals surface area contributed by atoms with Crippen LogP contribution in [0, 0.1) is 17.3 Å². The molecule has 110 valence electrons. The Kier molecular flexibility index (Phi) is 4.36. The van der Waals surface area contributed by atoms with Crippen molar-refractivity contribution in [2.45, 2.75) is 46.5 Å². The molecule has 0 atom stereocenters. The summed E-state index contributed by atoms with van der Waals surface area (Å²) in [5.41, 5.74) is 1.01. The number of phenolic OH excluding ortho intramolecular Hbond substituents is 1. The lowest BCUT2D eigenvalue weighted by Crippen LogP contribution is -2.31. The van der Waals surface area contributed by atoms with Gasteiger partial charge in [-0.05, 0) is 49.1 Å². The molecule has 3 nitrogen and oxygen atoms in total. The van der Waals surface area contributed by atoms with Crippen LogP contribution in [0.5, 0.6) is 5.75 Å². The SMILES string of the molecule is CC(C)(C)C1CCC(C(=O)Nc2cccc(O)c2)CC1. The van der Waals surface area contributed by atoms with Crippen molar-refractivity contribution in [1.82, 2.24) is 0 Å². The second-order valence-electron chi connectivity index (χ2n) is 6.95. The smallest absolute Gasteiger partial charge is 0.227 e. The number of aromatic hydroxyl groups is 1. The van der Waals surface area contributed by atoms with Crippen LogP contribution in [0.25, 0.3) is 0 Å². The number of phenols is 1. The summed E-state index contributed by atoms with van der Waals surface area (Å²) in [6.07, 6.45) is 4.18. The second-order valence-corrected chi connectivity index (χ2v) is 6.95. The number of amides is 1. The minimum Gasteiger partial charge on any atom is -0.508 e. The Bertz CT molecular complexity index is 468. The molecule has 0 unspecified atom stereocenters. The Morgan fingerprint density at radius 3 is 2.40 bits per heavy atom. The number of carbonyl (C=O) groups is 1. The summed E-state index contributed by atoms with van der Waals surface area (Å²) in [5, 5.41) is 12.3. The topological polar surface area (TPSA) is 49.3 Å². The summed E-state index contributed by atoms with van der Waals surface area (Å²) in [7, 11) is 0. The summed E-state index contributed by atoms with van der Waals surface area (Å²) in [6, 6.07) is 6.72. The van der Waals surface area contributed by atoms with Crippen LogP contribution in [-0.4, -0.2) is 11.0 Å². The molecule has 1 aliphatic carbocycles. The molecule has 1 saturated carbocycles. The Labute approximate surface area is 121 Å². The maximum Gasteiger partial charge on any atom is 0.227 e. The predicted octanol–water partition coefficient (Wildman–Crippen LogP) is 4.18. The molecule has 3 heteroatoms. The van der Waals surface area contributed by atoms with E-state index < -0.39 is 0 Å². The van der Waals surface area contributed by atoms with Crippen molar-refractivity contribution in [3.63, 3.8) is 0 Å². The zero-order valence-corrected chi connectivity index (χ0v) is 12.6. The van der Waals surface area contributed by atoms with Crippen LogP contribution in [0.4, 0.5) is 5.69 Å². The largest absolute Gasteiger partial charge is 0.508 e. The summed E-state index contributed by atoms with van der Waals surface area (Å²) >= 11 is 0. The van der Waals surface area contributed by atoms with E-state index in [4.69, 9.17) is 0 Å². The van der Waals surface area contributed by atoms with Crippen LogP contribution in [0.3, 0.4) is 0 Å². The summed E-state index contributed by atoms with van der Waals surface area (Å²) in [6.45, 7) is 6.85. The second kappa shape index (κ2) is 5.86. The van der Waals surface area contributed by atoms with Crippen LogP contribution >= 0.6 is 0 Å². The Morgan fingerprint density at radius 1 is 1.20 bits per heavy atom. The van der Waals surface area contributed by atoms with E-state index in [1.165, 1.54) is 0 Å². The number of rotatable bonds is 2. The third-order valence-corrected chi connectivity index (χ3v) is 4.44. The lowest BCUT2D eigenvalue weighted by atomic mass is 9.69. The van der Waals surface area contributed by atoms with Gasteiger partial charge in [0.05, 0.1) is 0 Å². The third-order valence-electron chi connectivity index (χ3n) is 4.44. The Morgan fingerprint density at radius 2 is 1.85 bits per heavy atom. The van der Waals surface area contributed by atoms with E-state index in [1.54, 1.807) is 24.3 Å². The van der Waals surface area contributed by atoms with Crippen molar-refractivity contribution in [3.05, 3.63) is 24.3 Å². The van der Waals surface area contributed by atoms with Crippen molar-refractivity contribution in [2.24, 2.45) is 17.3 Å². The molecular weight excluding hydrogens is 250 g/mol. The van der Waals surface area contributed by atoms with Crippen LogP contribution in [0.1, 0.15) is 46.5 Å². The van der Waals surface area contributed by atoms with Gasteiger partial charge >= 0.3 is 0 Å². The molecule has 20 heavy (non-hydrogen) atoms. The standard InChI is InChI=1S/C17H25NO2/c1-17(2,3)13-9-7-12(8-10-13)16(20)18-14-5-4-6-15(19)11-14/h4-6,11-13,19H,7-10H2,1-3H3,(H,18,20). The molecule has 0 saturated heterocycles. The fourth-order valence-electron chi connectivity index (χ4n) is 3.05. The minimum atomic E-state index is 0.0861. The molecule has 0 heterocycles. The van der Waals surface area contributed by atoms with Crippen molar-refractivity contribution in [1.29, 1.82) is 0 Å². The van der Waals surface area contributed by atoms with Gasteiger partial charge in [-0.1, -0.05) is 26.8 Å². The molecule has 1 aromatic carbocycles. The van der Waals surface area contributed by atoms with E-state index in [9.17, 15) is 9.90 Å². The maximum atomic E-state index is 12.2. The van der Waals surface area contributed by atoms with E-state index in [0.29, 0.717) is 17.0 Å². The van der Waals surface area contributed by atoms with Gasteiger partial charge in [0.15, 0.2) is 0 Å². The van der Waals surface area contributed by atoms with Gasteiger partial charge in [-0.25, -0.2) is 0 Å². The molecule has 1 aliphatic rings. The van der Waals surface area contributed by atoms with Crippen LogP contribution < -0.4 is 5.32 Å². The van der Waals surface area contributed by atoms with Crippen molar-refractivity contribution in [3.8, 4) is 5.75 Å². The van der Waals surface area contributed by atoms with E-state index in [1.807, 2.05) is 0 Å². The van der Waals surface area contributed by atoms with Gasteiger partial charge in [0.2, 0.25) is 5.91 Å². The Balaban J connectivity index is 1.89. The van der Waals surface area contributed by atoms with Crippen molar-refractivity contribution in [2.75, 3.05) is 5.32 Å². The molecule has 2 N–H and O–H groups in total. The van der Waals surface area contributed by atoms with Gasteiger partial charge in [0, 0.05) is 17.7 Å². The molecule has 1 amide bonds. The molecule has 1 aromatic rings. The summed E-state index contributed by atoms with van der Waals surface area (Å²) < 4.78 is 0. The molecule has 0 aliphatic heterocycles. The van der Waals surface area contributed by atoms with Crippen molar-refractivity contribution >= 4 is 11.6 Å². The summed E-state index contributed by atoms with van der Waals surface area (Å²) in [4.78, 5) is 12.2. The first-order valence-electron chi connectivity index (χ1n) is 7.46. The normalized spacial score (nSPS) is 23.4. The maximum absolute atomic E-state index is 12.2. The van der Waals surface area contributed by atoms with E-state index >= 15 is 0 Å². The average Bonchev–Trinajstić information content (AvgIpc) is 2.38. The number of hydrogen-bond acceptors (Lipinski definition) is 2. The zero-order chi connectivity index (χ0) is 14.8. The molecule has 2 rings (SSSR count). The van der Waals surface area contributed by atoms with Gasteiger partial charge < -0.3 is 10.4 Å². The quantitative estimate of drug-likeness (QED) is 0.850. The van der Waals surface area contributed by atoms with Gasteiger partial charge in [0.25, 0.3) is 0 Å². The first kappa shape index (κ1) is 14.9. The lowest BCUT2D eigenvalue weighted by Gasteiger charge is -2.36. The predicted molar refractivity (Wildman–Crippen MR) is 81.6 cm³/mol. The molecule has 1 fully saturated rings. The van der Waals surface area contributed by atoms with Crippen LogP contribution in [0.15, 0.2) is 24.3 Å². The highest BCUT2D eigenvalue weighted by molar-refractivity contribution is 5.92. The first-order valence-corrected chi connectivity index (χ1v) is 7.46. The number of benzene rings is 1. The fraction of sp³-hybridized carbons (Fsp3) is 0.588. The first-order chi connectivity index (χ1) is 9.36. The molecule has 0 spiro atoms. The number of nitrogens with one attached hydrogen (secondary N) is 1. The zero-order valence-electron chi connectivity index (χ0n) is 12.6. The average molecular weight is 275 g/mol. The molecule has 0 aromatic heterocycles. The van der Waals surface area contributed by atoms with E-state index in [-0.39, 0.29) is 17.6 Å². The number of anilines is 1. The highest BCUT2D eigenvalue weighted by atomic mass is 16.3. The van der Waals surface area contributed by atoms with Gasteiger partial charge in [-0.15, -0.1) is 0 Å². The number of carbonyl (C=O) groups excluding carboxylic acids is 1. The molecule has 0 bridgehead atoms. The van der Waals surface area contributed by atoms with Gasteiger partial charge in [0.1, 0.15) is 5.75 Å².